The van der Waals surface area contributed by atoms with E-state index in [1.54, 1.807) is 6.92 Å². The van der Waals surface area contributed by atoms with Crippen LogP contribution in [0, 0.1) is 6.92 Å². The molecule has 0 amide bonds. The molecule has 2 saturated heterocycles. The van der Waals surface area contributed by atoms with Crippen LogP contribution in [0.1, 0.15) is 32.6 Å². The van der Waals surface area contributed by atoms with Gasteiger partial charge in [0.2, 0.25) is 5.60 Å². The second-order valence-electron chi connectivity index (χ2n) is 9.83. The molecular formula is C19H32N4O7SSi. The van der Waals surface area contributed by atoms with Crippen LogP contribution in [0.4, 0.5) is 0 Å². The Morgan fingerprint density at radius 2 is 1.94 bits per heavy atom. The number of ether oxygens (including phenoxy) is 1. The van der Waals surface area contributed by atoms with Gasteiger partial charge in [0, 0.05) is 25.4 Å². The average Bonchev–Trinajstić information content (AvgIpc) is 3.09. The van der Waals surface area contributed by atoms with Gasteiger partial charge in [0.1, 0.15) is 18.0 Å². The van der Waals surface area contributed by atoms with Gasteiger partial charge in [-0.3, -0.25) is 19.3 Å². The van der Waals surface area contributed by atoms with E-state index >= 15 is 0 Å². The summed E-state index contributed by atoms with van der Waals surface area (Å²) in [6.45, 7) is 11.9. The molecule has 4 atom stereocenters. The minimum absolute atomic E-state index is 0.215. The lowest BCUT2D eigenvalue weighted by atomic mass is 9.94. The van der Waals surface area contributed by atoms with Crippen molar-refractivity contribution in [2.45, 2.75) is 69.9 Å². The first-order valence-electron chi connectivity index (χ1n) is 10.3. The van der Waals surface area contributed by atoms with Crippen LogP contribution in [0.15, 0.2) is 20.8 Å². The highest BCUT2D eigenvalue weighted by molar-refractivity contribution is 7.86. The third kappa shape index (κ3) is 4.11. The average molecular weight is 489 g/mol. The van der Waals surface area contributed by atoms with Crippen molar-refractivity contribution < 1.29 is 21.8 Å². The Hall–Kier alpha value is -1.80. The van der Waals surface area contributed by atoms with E-state index in [1.807, 2.05) is 33.9 Å². The lowest BCUT2D eigenvalue weighted by Crippen LogP contribution is -2.60. The van der Waals surface area contributed by atoms with Gasteiger partial charge in [0.25, 0.3) is 15.7 Å². The predicted octanol–water partition coefficient (Wildman–Crippen LogP) is 0.479. The van der Waals surface area contributed by atoms with Gasteiger partial charge in [-0.05, 0) is 25.1 Å². The van der Waals surface area contributed by atoms with E-state index in [4.69, 9.17) is 13.3 Å². The number of aliphatic imine (C=N–C) groups is 1. The molecule has 0 spiro atoms. The maximum atomic E-state index is 12.7. The second-order valence-corrected chi connectivity index (χ2v) is 16.2. The molecule has 0 radical (unpaired) electrons. The number of hydrogen-bond donors (Lipinski definition) is 2. The Morgan fingerprint density at radius 1 is 1.31 bits per heavy atom. The van der Waals surface area contributed by atoms with Gasteiger partial charge in [0.15, 0.2) is 14.5 Å². The molecule has 0 unspecified atom stereocenters. The fourth-order valence-electron chi connectivity index (χ4n) is 3.82. The number of fused-ring (bicyclic) bond motifs is 1. The van der Waals surface area contributed by atoms with Crippen molar-refractivity contribution in [2.24, 2.45) is 4.99 Å². The molecule has 3 heterocycles. The zero-order chi connectivity index (χ0) is 24.3. The SMILES string of the molecule is CN=C1NC[C@H]2O[C@@H](n3cc(C)c(=O)[nH]c3=O)[C@H](O[Si](C)(C)C(C)(C)C)[C@@]12OS(C)(=O)=O. The van der Waals surface area contributed by atoms with Crippen molar-refractivity contribution in [3.8, 4) is 0 Å². The van der Waals surface area contributed by atoms with Gasteiger partial charge in [0.05, 0.1) is 6.26 Å². The number of amidine groups is 1. The molecule has 11 nitrogen and oxygen atoms in total. The number of H-pyrrole nitrogens is 1. The molecule has 3 rings (SSSR count). The molecule has 2 aliphatic heterocycles. The van der Waals surface area contributed by atoms with Crippen LogP contribution in [0.2, 0.25) is 18.1 Å². The summed E-state index contributed by atoms with van der Waals surface area (Å²) in [6.07, 6.45) is -0.524. The molecule has 0 saturated carbocycles. The number of rotatable bonds is 5. The highest BCUT2D eigenvalue weighted by atomic mass is 32.2. The van der Waals surface area contributed by atoms with Crippen molar-refractivity contribution in [2.75, 3.05) is 19.8 Å². The van der Waals surface area contributed by atoms with Crippen LogP contribution in [0.3, 0.4) is 0 Å². The van der Waals surface area contributed by atoms with E-state index in [2.05, 4.69) is 15.3 Å². The standard InChI is InChI=1S/C19H32N4O7SSi/c1-11-10-23(17(25)22-14(11)24)15-13(29-32(7,8)18(2,3)4)19(30-31(6,26)27)12(28-15)9-21-16(19)20-5/h10,12-13,15H,9H2,1-8H3,(H,20,21)(H,22,24,25)/t12-,13+,15-,19-/m1/s1. The molecule has 2 aliphatic rings. The lowest BCUT2D eigenvalue weighted by Gasteiger charge is -2.43. The smallest absolute Gasteiger partial charge is 0.330 e. The lowest BCUT2D eigenvalue weighted by molar-refractivity contribution is -0.0348. The van der Waals surface area contributed by atoms with Gasteiger partial charge in [-0.25, -0.2) is 8.98 Å². The van der Waals surface area contributed by atoms with E-state index < -0.39 is 53.7 Å². The molecule has 1 aromatic rings. The van der Waals surface area contributed by atoms with Crippen molar-refractivity contribution in [3.63, 3.8) is 0 Å². The van der Waals surface area contributed by atoms with Gasteiger partial charge < -0.3 is 14.5 Å². The van der Waals surface area contributed by atoms with Crippen molar-refractivity contribution >= 4 is 24.3 Å². The van der Waals surface area contributed by atoms with E-state index in [-0.39, 0.29) is 17.4 Å². The quantitative estimate of drug-likeness (QED) is 0.450. The second kappa shape index (κ2) is 7.90. The maximum Gasteiger partial charge on any atom is 0.330 e. The number of hydrogen-bond acceptors (Lipinski definition) is 8. The highest BCUT2D eigenvalue weighted by Gasteiger charge is 2.68. The largest absolute Gasteiger partial charge is 0.406 e. The number of nitrogens with one attached hydrogen (secondary N) is 2. The van der Waals surface area contributed by atoms with Crippen LogP contribution < -0.4 is 16.6 Å². The molecule has 2 fully saturated rings. The molecule has 1 aromatic heterocycles. The van der Waals surface area contributed by atoms with E-state index in [0.717, 1.165) is 6.26 Å². The van der Waals surface area contributed by atoms with E-state index in [1.165, 1.54) is 17.8 Å². The Balaban J connectivity index is 2.27. The summed E-state index contributed by atoms with van der Waals surface area (Å²) in [5.41, 5.74) is -2.50. The molecule has 2 N–H and O–H groups in total. The fourth-order valence-corrected chi connectivity index (χ4v) is 5.88. The third-order valence-corrected chi connectivity index (χ3v) is 11.5. The molecule has 180 valence electrons. The van der Waals surface area contributed by atoms with Crippen molar-refractivity contribution in [1.82, 2.24) is 14.9 Å². The van der Waals surface area contributed by atoms with Crippen LogP contribution in [-0.2, 0) is 23.5 Å². The normalized spacial score (nSPS) is 29.9. The summed E-state index contributed by atoms with van der Waals surface area (Å²) in [5.74, 6) is 0.272. The summed E-state index contributed by atoms with van der Waals surface area (Å²) in [6, 6.07) is 0. The maximum absolute atomic E-state index is 12.7. The number of aryl methyl sites for hydroxylation is 1. The molecule has 0 aromatic carbocycles. The van der Waals surface area contributed by atoms with Gasteiger partial charge in [-0.15, -0.1) is 0 Å². The minimum atomic E-state index is -3.98. The van der Waals surface area contributed by atoms with Gasteiger partial charge in [-0.2, -0.15) is 8.42 Å². The first kappa shape index (κ1) is 24.8. The Bertz CT molecular complexity index is 1150. The summed E-state index contributed by atoms with van der Waals surface area (Å²) < 4.78 is 44.6. The monoisotopic (exact) mass is 488 g/mol. The molecule has 0 bridgehead atoms. The van der Waals surface area contributed by atoms with Crippen molar-refractivity contribution in [3.05, 3.63) is 32.6 Å². The van der Waals surface area contributed by atoms with E-state index in [0.29, 0.717) is 5.56 Å². The number of nitrogens with zero attached hydrogens (tertiary/aromatic N) is 2. The summed E-state index contributed by atoms with van der Waals surface area (Å²) in [7, 11) is -5.00. The summed E-state index contributed by atoms with van der Waals surface area (Å²) >= 11 is 0. The highest BCUT2D eigenvalue weighted by Crippen LogP contribution is 2.49. The Morgan fingerprint density at radius 3 is 2.47 bits per heavy atom. The van der Waals surface area contributed by atoms with E-state index in [9.17, 15) is 18.0 Å². The predicted molar refractivity (Wildman–Crippen MR) is 122 cm³/mol. The molecule has 13 heteroatoms. The van der Waals surface area contributed by atoms with Crippen LogP contribution >= 0.6 is 0 Å². The molecule has 32 heavy (non-hydrogen) atoms. The summed E-state index contributed by atoms with van der Waals surface area (Å²) in [4.78, 5) is 31.2. The minimum Gasteiger partial charge on any atom is -0.406 e. The number of aromatic amines is 1. The fraction of sp³-hybridized carbons (Fsp3) is 0.737. The zero-order valence-electron chi connectivity index (χ0n) is 19.7. The Labute approximate surface area is 188 Å². The number of aromatic nitrogens is 2. The van der Waals surface area contributed by atoms with Crippen LogP contribution in [0.25, 0.3) is 0 Å². The van der Waals surface area contributed by atoms with Gasteiger partial charge >= 0.3 is 5.69 Å². The third-order valence-electron chi connectivity index (χ3n) is 6.45. The summed E-state index contributed by atoms with van der Waals surface area (Å²) in [5, 5.41) is 2.83. The molecular weight excluding hydrogens is 456 g/mol. The zero-order valence-corrected chi connectivity index (χ0v) is 21.5. The Kier molecular flexibility index (Phi) is 6.13. The first-order chi connectivity index (χ1) is 14.5. The van der Waals surface area contributed by atoms with Crippen LogP contribution in [0.5, 0.6) is 0 Å². The van der Waals surface area contributed by atoms with Gasteiger partial charge in [-0.1, -0.05) is 20.8 Å². The first-order valence-corrected chi connectivity index (χ1v) is 15.0. The molecule has 0 aliphatic carbocycles. The van der Waals surface area contributed by atoms with Crippen LogP contribution in [-0.4, -0.2) is 69.8 Å². The topological polar surface area (TPSA) is 141 Å². The van der Waals surface area contributed by atoms with Crippen molar-refractivity contribution in [1.29, 1.82) is 0 Å².